The van der Waals surface area contributed by atoms with Gasteiger partial charge in [0.05, 0.1) is 20.6 Å². The summed E-state index contributed by atoms with van der Waals surface area (Å²) >= 11 is 12.9. The molecule has 1 amide bonds. The molecule has 0 spiro atoms. The smallest absolute Gasteiger partial charge is 0.354 e. The van der Waals surface area contributed by atoms with Gasteiger partial charge in [-0.3, -0.25) is 4.79 Å². The van der Waals surface area contributed by atoms with E-state index in [1.54, 1.807) is 62.4 Å². The van der Waals surface area contributed by atoms with E-state index in [9.17, 15) is 23.1 Å². The summed E-state index contributed by atoms with van der Waals surface area (Å²) in [6, 6.07) is 18.6. The summed E-state index contributed by atoms with van der Waals surface area (Å²) in [5, 5.41) is 15.5. The SMILES string of the molecule is CCCCc1nn(-c2c(Cl)cccc2Cl)c(C(=O)O)c1Cc1ccc(-c2ccccc2S(=O)(=O)NC(=O)C(C)C)cc1. The van der Waals surface area contributed by atoms with Crippen LogP contribution in [0, 0.1) is 5.92 Å². The van der Waals surface area contributed by atoms with Crippen molar-refractivity contribution in [3.8, 4) is 16.8 Å². The number of para-hydroxylation sites is 1. The Morgan fingerprint density at radius 3 is 2.21 bits per heavy atom. The monoisotopic (exact) mass is 627 g/mol. The fourth-order valence-electron chi connectivity index (χ4n) is 4.55. The molecule has 42 heavy (non-hydrogen) atoms. The molecule has 0 aliphatic heterocycles. The van der Waals surface area contributed by atoms with Crippen molar-refractivity contribution < 1.29 is 23.1 Å². The minimum absolute atomic E-state index is 0.0142. The summed E-state index contributed by atoms with van der Waals surface area (Å²) < 4.78 is 29.5. The first-order valence-electron chi connectivity index (χ1n) is 13.5. The zero-order valence-corrected chi connectivity index (χ0v) is 25.7. The zero-order valence-electron chi connectivity index (χ0n) is 23.4. The van der Waals surface area contributed by atoms with Gasteiger partial charge in [-0.15, -0.1) is 0 Å². The molecule has 0 unspecified atom stereocenters. The number of amides is 1. The zero-order chi connectivity index (χ0) is 30.6. The fraction of sp³-hybridized carbons (Fsp3) is 0.258. The molecule has 0 fully saturated rings. The van der Waals surface area contributed by atoms with E-state index in [1.807, 2.05) is 19.1 Å². The number of aryl methyl sites for hydroxylation is 1. The molecular formula is C31H31Cl2N3O5S. The maximum Gasteiger partial charge on any atom is 0.354 e. The van der Waals surface area contributed by atoms with E-state index in [0.29, 0.717) is 34.5 Å². The molecule has 220 valence electrons. The van der Waals surface area contributed by atoms with Crippen LogP contribution in [0.15, 0.2) is 71.6 Å². The Kier molecular flexibility index (Phi) is 9.76. The summed E-state index contributed by atoms with van der Waals surface area (Å²) in [4.78, 5) is 24.7. The van der Waals surface area contributed by atoms with E-state index >= 15 is 0 Å². The summed E-state index contributed by atoms with van der Waals surface area (Å²) in [6.45, 7) is 5.28. The standard InChI is InChI=1S/C31H31Cl2N3O5S/c1-4-5-12-26-23(28(31(38)39)36(34-26)29-24(32)10-8-11-25(29)33)18-20-14-16-21(17-15-20)22-9-6-7-13-27(22)42(40,41)35-30(37)19(2)3/h6-11,13-17,19H,4-5,12,18H2,1-3H3,(H,35,37)(H,38,39). The lowest BCUT2D eigenvalue weighted by molar-refractivity contribution is -0.122. The predicted octanol–water partition coefficient (Wildman–Crippen LogP) is 6.94. The first kappa shape index (κ1) is 31.3. The number of unbranched alkanes of at least 4 members (excludes halogenated alkanes) is 1. The minimum Gasteiger partial charge on any atom is -0.476 e. The first-order chi connectivity index (χ1) is 19.9. The molecule has 0 aliphatic rings. The number of rotatable bonds is 11. The van der Waals surface area contributed by atoms with Gasteiger partial charge in [0.1, 0.15) is 5.69 Å². The average Bonchev–Trinajstić information content (AvgIpc) is 3.29. The van der Waals surface area contributed by atoms with Gasteiger partial charge in [-0.25, -0.2) is 22.6 Å². The quantitative estimate of drug-likeness (QED) is 0.186. The van der Waals surface area contributed by atoms with Crippen LogP contribution in [0.1, 0.15) is 60.9 Å². The van der Waals surface area contributed by atoms with Crippen molar-refractivity contribution in [1.29, 1.82) is 0 Å². The van der Waals surface area contributed by atoms with Crippen LogP contribution in [-0.4, -0.2) is 35.2 Å². The van der Waals surface area contributed by atoms with Gasteiger partial charge >= 0.3 is 5.97 Å². The molecule has 0 bridgehead atoms. The van der Waals surface area contributed by atoms with Crippen LogP contribution in [0.25, 0.3) is 16.8 Å². The second-order valence-electron chi connectivity index (χ2n) is 10.2. The van der Waals surface area contributed by atoms with Crippen molar-refractivity contribution in [1.82, 2.24) is 14.5 Å². The van der Waals surface area contributed by atoms with Crippen LogP contribution < -0.4 is 4.72 Å². The Balaban J connectivity index is 1.74. The summed E-state index contributed by atoms with van der Waals surface area (Å²) in [6.07, 6.45) is 2.56. The third-order valence-electron chi connectivity index (χ3n) is 6.77. The van der Waals surface area contributed by atoms with E-state index in [4.69, 9.17) is 23.2 Å². The number of carbonyl (C=O) groups is 2. The van der Waals surface area contributed by atoms with Crippen LogP contribution >= 0.6 is 23.2 Å². The van der Waals surface area contributed by atoms with Crippen molar-refractivity contribution in [2.45, 2.75) is 51.3 Å². The normalized spacial score (nSPS) is 11.6. The number of aromatic nitrogens is 2. The van der Waals surface area contributed by atoms with Crippen molar-refractivity contribution in [2.24, 2.45) is 5.92 Å². The van der Waals surface area contributed by atoms with Crippen LogP contribution in [0.5, 0.6) is 0 Å². The number of carboxylic acid groups (broad SMARTS) is 1. The summed E-state index contributed by atoms with van der Waals surface area (Å²) in [5.74, 6) is -2.25. The number of sulfonamides is 1. The van der Waals surface area contributed by atoms with Crippen molar-refractivity contribution in [3.05, 3.63) is 99.3 Å². The van der Waals surface area contributed by atoms with Gasteiger partial charge in [0.25, 0.3) is 10.0 Å². The second-order valence-corrected chi connectivity index (χ2v) is 12.6. The highest BCUT2D eigenvalue weighted by Gasteiger charge is 2.27. The molecule has 1 heterocycles. The van der Waals surface area contributed by atoms with Gasteiger partial charge < -0.3 is 5.11 Å². The van der Waals surface area contributed by atoms with Gasteiger partial charge in [-0.2, -0.15) is 5.10 Å². The molecule has 8 nitrogen and oxygen atoms in total. The molecule has 2 N–H and O–H groups in total. The maximum absolute atomic E-state index is 13.0. The number of hydrogen-bond donors (Lipinski definition) is 2. The Morgan fingerprint density at radius 2 is 1.62 bits per heavy atom. The average molecular weight is 629 g/mol. The lowest BCUT2D eigenvalue weighted by Crippen LogP contribution is -2.33. The summed E-state index contributed by atoms with van der Waals surface area (Å²) in [5.41, 5.74) is 3.35. The third-order valence-corrected chi connectivity index (χ3v) is 8.78. The number of hydrogen-bond acceptors (Lipinski definition) is 5. The van der Waals surface area contributed by atoms with E-state index in [1.165, 1.54) is 10.7 Å². The molecular weight excluding hydrogens is 597 g/mol. The van der Waals surface area contributed by atoms with Gasteiger partial charge in [-0.05, 0) is 42.2 Å². The second kappa shape index (κ2) is 13.1. The molecule has 4 aromatic rings. The van der Waals surface area contributed by atoms with Crippen LogP contribution in [0.4, 0.5) is 0 Å². The topological polar surface area (TPSA) is 118 Å². The van der Waals surface area contributed by atoms with E-state index in [-0.39, 0.29) is 27.1 Å². The van der Waals surface area contributed by atoms with Crippen LogP contribution in [0.2, 0.25) is 10.0 Å². The maximum atomic E-state index is 13.0. The predicted molar refractivity (Wildman–Crippen MR) is 164 cm³/mol. The van der Waals surface area contributed by atoms with E-state index < -0.39 is 27.8 Å². The number of carboxylic acids is 1. The molecule has 3 aromatic carbocycles. The highest BCUT2D eigenvalue weighted by atomic mass is 35.5. The number of benzene rings is 3. The Labute approximate surface area is 255 Å². The Morgan fingerprint density at radius 1 is 0.976 bits per heavy atom. The fourth-order valence-corrected chi connectivity index (χ4v) is 6.45. The first-order valence-corrected chi connectivity index (χ1v) is 15.7. The van der Waals surface area contributed by atoms with Crippen molar-refractivity contribution in [3.63, 3.8) is 0 Å². The lowest BCUT2D eigenvalue weighted by atomic mass is 9.97. The molecule has 0 saturated carbocycles. The molecule has 4 rings (SSSR count). The Hall–Kier alpha value is -3.66. The lowest BCUT2D eigenvalue weighted by Gasteiger charge is -2.13. The van der Waals surface area contributed by atoms with Crippen LogP contribution in [-0.2, 0) is 27.7 Å². The molecule has 0 radical (unpaired) electrons. The minimum atomic E-state index is -4.10. The molecule has 0 atom stereocenters. The largest absolute Gasteiger partial charge is 0.476 e. The van der Waals surface area contributed by atoms with Gasteiger partial charge in [-0.1, -0.05) is 98.9 Å². The molecule has 1 aromatic heterocycles. The van der Waals surface area contributed by atoms with E-state index in [2.05, 4.69) is 9.82 Å². The number of aromatic carboxylic acids is 1. The van der Waals surface area contributed by atoms with Crippen LogP contribution in [0.3, 0.4) is 0 Å². The number of nitrogens with one attached hydrogen (secondary N) is 1. The van der Waals surface area contributed by atoms with Crippen molar-refractivity contribution >= 4 is 45.1 Å². The van der Waals surface area contributed by atoms with Gasteiger partial charge in [0, 0.05) is 23.5 Å². The number of carbonyl (C=O) groups excluding carboxylic acids is 1. The molecule has 0 aliphatic carbocycles. The highest BCUT2D eigenvalue weighted by molar-refractivity contribution is 7.90. The molecule has 11 heteroatoms. The van der Waals surface area contributed by atoms with Gasteiger partial charge in [0.2, 0.25) is 5.91 Å². The molecule has 0 saturated heterocycles. The number of nitrogens with zero attached hydrogens (tertiary/aromatic N) is 2. The number of halogens is 2. The Bertz CT molecular complexity index is 1710. The highest BCUT2D eigenvalue weighted by Crippen LogP contribution is 2.33. The van der Waals surface area contributed by atoms with E-state index in [0.717, 1.165) is 18.4 Å². The van der Waals surface area contributed by atoms with Crippen molar-refractivity contribution in [2.75, 3.05) is 0 Å². The summed E-state index contributed by atoms with van der Waals surface area (Å²) in [7, 11) is -4.10. The van der Waals surface area contributed by atoms with Gasteiger partial charge in [0.15, 0.2) is 5.69 Å². The third kappa shape index (κ3) is 6.69.